The molecule has 1 aliphatic heterocycles. The predicted octanol–water partition coefficient (Wildman–Crippen LogP) is 3.71. The van der Waals surface area contributed by atoms with Crippen LogP contribution in [0.25, 0.3) is 0 Å². The van der Waals surface area contributed by atoms with Gasteiger partial charge in [0.05, 0.1) is 0 Å². The quantitative estimate of drug-likeness (QED) is 0.856. The predicted molar refractivity (Wildman–Crippen MR) is 76.1 cm³/mol. The molecule has 3 atom stereocenters. The summed E-state index contributed by atoms with van der Waals surface area (Å²) in [5.74, 6) is 1.74. The monoisotopic (exact) mass is 247 g/mol. The highest BCUT2D eigenvalue weighted by Gasteiger charge is 2.22. The summed E-state index contributed by atoms with van der Waals surface area (Å²) < 4.78 is 5.76. The van der Waals surface area contributed by atoms with E-state index < -0.39 is 0 Å². The van der Waals surface area contributed by atoms with Crippen LogP contribution in [0.1, 0.15) is 50.8 Å². The lowest BCUT2D eigenvalue weighted by atomic mass is 9.90. The maximum Gasteiger partial charge on any atom is 0.123 e. The van der Waals surface area contributed by atoms with Crippen molar-refractivity contribution in [2.24, 2.45) is 5.92 Å². The van der Waals surface area contributed by atoms with Crippen molar-refractivity contribution in [3.8, 4) is 5.75 Å². The minimum Gasteiger partial charge on any atom is -0.490 e. The van der Waals surface area contributed by atoms with E-state index in [0.29, 0.717) is 18.1 Å². The van der Waals surface area contributed by atoms with Gasteiger partial charge in [0.25, 0.3) is 0 Å². The molecule has 18 heavy (non-hydrogen) atoms. The molecule has 2 nitrogen and oxygen atoms in total. The van der Waals surface area contributed by atoms with Crippen molar-refractivity contribution >= 4 is 0 Å². The van der Waals surface area contributed by atoms with Crippen molar-refractivity contribution in [1.82, 2.24) is 5.32 Å². The molecule has 3 unspecified atom stereocenters. The van der Waals surface area contributed by atoms with Gasteiger partial charge in [-0.2, -0.15) is 0 Å². The van der Waals surface area contributed by atoms with Gasteiger partial charge < -0.3 is 10.1 Å². The third-order valence-corrected chi connectivity index (χ3v) is 3.90. The number of nitrogens with one attached hydrogen (secondary N) is 1. The standard InChI is InChI=1S/C16H25NO/c1-5-6-11(2)16(17-4)13-7-8-15-14(10-13)9-12(3)18-15/h7-8,10-12,16-17H,5-6,9H2,1-4H3. The number of hydrogen-bond acceptors (Lipinski definition) is 2. The summed E-state index contributed by atoms with van der Waals surface area (Å²) in [7, 11) is 2.06. The van der Waals surface area contributed by atoms with Gasteiger partial charge in [0.1, 0.15) is 11.9 Å². The second-order valence-electron chi connectivity index (χ2n) is 5.53. The third-order valence-electron chi connectivity index (χ3n) is 3.90. The van der Waals surface area contributed by atoms with Crippen molar-refractivity contribution in [2.75, 3.05) is 7.05 Å². The number of fused-ring (bicyclic) bond motifs is 1. The Morgan fingerprint density at radius 3 is 2.89 bits per heavy atom. The maximum absolute atomic E-state index is 5.76. The molecule has 0 aliphatic carbocycles. The molecule has 0 saturated heterocycles. The summed E-state index contributed by atoms with van der Waals surface area (Å²) in [6.45, 7) is 6.72. The van der Waals surface area contributed by atoms with Crippen LogP contribution < -0.4 is 10.1 Å². The lowest BCUT2D eigenvalue weighted by molar-refractivity contribution is 0.254. The smallest absolute Gasteiger partial charge is 0.123 e. The van der Waals surface area contributed by atoms with E-state index in [2.05, 4.69) is 51.3 Å². The van der Waals surface area contributed by atoms with Crippen LogP contribution in [0.4, 0.5) is 0 Å². The molecular formula is C16H25NO. The average molecular weight is 247 g/mol. The average Bonchev–Trinajstić information content (AvgIpc) is 2.69. The lowest BCUT2D eigenvalue weighted by Crippen LogP contribution is -2.23. The molecule has 0 bridgehead atoms. The first-order chi connectivity index (χ1) is 8.65. The van der Waals surface area contributed by atoms with E-state index in [1.165, 1.54) is 24.0 Å². The van der Waals surface area contributed by atoms with Crippen LogP contribution in [0.2, 0.25) is 0 Å². The lowest BCUT2D eigenvalue weighted by Gasteiger charge is -2.24. The minimum atomic E-state index is 0.330. The van der Waals surface area contributed by atoms with Crippen LogP contribution in [0, 0.1) is 5.92 Å². The van der Waals surface area contributed by atoms with Crippen LogP contribution >= 0.6 is 0 Å². The summed E-state index contributed by atoms with van der Waals surface area (Å²) in [4.78, 5) is 0. The van der Waals surface area contributed by atoms with Gasteiger partial charge in [-0.05, 0) is 43.5 Å². The largest absolute Gasteiger partial charge is 0.490 e. The zero-order valence-electron chi connectivity index (χ0n) is 12.0. The van der Waals surface area contributed by atoms with Crippen LogP contribution in [0.3, 0.4) is 0 Å². The Balaban J connectivity index is 2.20. The van der Waals surface area contributed by atoms with Crippen molar-refractivity contribution in [2.45, 2.75) is 52.2 Å². The second-order valence-corrected chi connectivity index (χ2v) is 5.53. The molecule has 1 heterocycles. The molecule has 1 aliphatic rings. The Hall–Kier alpha value is -1.02. The molecule has 1 aromatic carbocycles. The first kappa shape index (κ1) is 13.4. The normalized spacial score (nSPS) is 21.2. The number of rotatable bonds is 5. The molecule has 0 saturated carbocycles. The Bertz CT molecular complexity index is 402. The summed E-state index contributed by atoms with van der Waals surface area (Å²) >= 11 is 0. The van der Waals surface area contributed by atoms with Gasteiger partial charge in [0.2, 0.25) is 0 Å². The summed E-state index contributed by atoms with van der Waals surface area (Å²) in [6, 6.07) is 7.12. The topological polar surface area (TPSA) is 21.3 Å². The maximum atomic E-state index is 5.76. The molecule has 0 fully saturated rings. The van der Waals surface area contributed by atoms with Crippen LogP contribution in [0.15, 0.2) is 18.2 Å². The SMILES string of the molecule is CCCC(C)C(NC)c1ccc2c(c1)CC(C)O2. The number of hydrogen-bond donors (Lipinski definition) is 1. The van der Waals surface area contributed by atoms with Gasteiger partial charge in [0, 0.05) is 12.5 Å². The zero-order chi connectivity index (χ0) is 13.1. The van der Waals surface area contributed by atoms with Gasteiger partial charge in [-0.1, -0.05) is 32.4 Å². The van der Waals surface area contributed by atoms with Crippen LogP contribution in [0.5, 0.6) is 5.75 Å². The fraction of sp³-hybridized carbons (Fsp3) is 0.625. The first-order valence-corrected chi connectivity index (χ1v) is 7.12. The molecule has 2 heteroatoms. The molecular weight excluding hydrogens is 222 g/mol. The molecule has 0 amide bonds. The van der Waals surface area contributed by atoms with Crippen LogP contribution in [-0.4, -0.2) is 13.2 Å². The highest BCUT2D eigenvalue weighted by atomic mass is 16.5. The minimum absolute atomic E-state index is 0.330. The highest BCUT2D eigenvalue weighted by molar-refractivity contribution is 5.41. The van der Waals surface area contributed by atoms with E-state index in [4.69, 9.17) is 4.74 Å². The van der Waals surface area contributed by atoms with Gasteiger partial charge in [-0.25, -0.2) is 0 Å². The first-order valence-electron chi connectivity index (χ1n) is 7.12. The Labute approximate surface area is 111 Å². The number of benzene rings is 1. The summed E-state index contributed by atoms with van der Waals surface area (Å²) in [5, 5.41) is 3.46. The van der Waals surface area contributed by atoms with Crippen LogP contribution in [-0.2, 0) is 6.42 Å². The molecule has 1 N–H and O–H groups in total. The Kier molecular flexibility index (Phi) is 4.28. The Morgan fingerprint density at radius 2 is 2.22 bits per heavy atom. The molecule has 2 rings (SSSR count). The Morgan fingerprint density at radius 1 is 1.44 bits per heavy atom. The second kappa shape index (κ2) is 5.75. The zero-order valence-corrected chi connectivity index (χ0v) is 12.0. The summed E-state index contributed by atoms with van der Waals surface area (Å²) in [6.07, 6.45) is 3.87. The summed E-state index contributed by atoms with van der Waals surface area (Å²) in [5.41, 5.74) is 2.76. The third kappa shape index (κ3) is 2.69. The van der Waals surface area contributed by atoms with E-state index in [9.17, 15) is 0 Å². The number of ether oxygens (including phenoxy) is 1. The molecule has 1 aromatic rings. The fourth-order valence-electron chi connectivity index (χ4n) is 3.04. The van der Waals surface area contributed by atoms with E-state index in [-0.39, 0.29) is 0 Å². The van der Waals surface area contributed by atoms with Crippen molar-refractivity contribution < 1.29 is 4.74 Å². The van der Waals surface area contributed by atoms with Gasteiger partial charge in [0.15, 0.2) is 0 Å². The molecule has 0 radical (unpaired) electrons. The van der Waals surface area contributed by atoms with E-state index >= 15 is 0 Å². The van der Waals surface area contributed by atoms with Gasteiger partial charge in [-0.15, -0.1) is 0 Å². The molecule has 0 spiro atoms. The molecule has 0 aromatic heterocycles. The highest BCUT2D eigenvalue weighted by Crippen LogP contribution is 2.33. The van der Waals surface area contributed by atoms with Crippen molar-refractivity contribution in [3.63, 3.8) is 0 Å². The van der Waals surface area contributed by atoms with Gasteiger partial charge >= 0.3 is 0 Å². The van der Waals surface area contributed by atoms with Crippen molar-refractivity contribution in [3.05, 3.63) is 29.3 Å². The van der Waals surface area contributed by atoms with E-state index in [1.54, 1.807) is 0 Å². The van der Waals surface area contributed by atoms with Gasteiger partial charge in [-0.3, -0.25) is 0 Å². The molecule has 100 valence electrons. The van der Waals surface area contributed by atoms with Crippen molar-refractivity contribution in [1.29, 1.82) is 0 Å². The van der Waals surface area contributed by atoms with E-state index in [0.717, 1.165) is 12.2 Å². The fourth-order valence-corrected chi connectivity index (χ4v) is 3.04. The van der Waals surface area contributed by atoms with E-state index in [1.807, 2.05) is 0 Å².